The molecule has 32 heavy (non-hydrogen) atoms. The van der Waals surface area contributed by atoms with Gasteiger partial charge in [0.25, 0.3) is 5.91 Å². The molecule has 0 bridgehead atoms. The van der Waals surface area contributed by atoms with Crippen molar-refractivity contribution >= 4 is 16.8 Å². The second-order valence-electron chi connectivity index (χ2n) is 8.01. The molecule has 4 rings (SSSR count). The van der Waals surface area contributed by atoms with Crippen LogP contribution in [-0.4, -0.2) is 31.2 Å². The van der Waals surface area contributed by atoms with Gasteiger partial charge in [-0.05, 0) is 24.3 Å². The molecule has 0 fully saturated rings. The van der Waals surface area contributed by atoms with Crippen molar-refractivity contribution in [2.75, 3.05) is 20.7 Å². The Morgan fingerprint density at radius 1 is 0.906 bits per heavy atom. The average molecular weight is 429 g/mol. The third-order valence-corrected chi connectivity index (χ3v) is 5.85. The molecule has 0 aliphatic carbocycles. The van der Waals surface area contributed by atoms with E-state index in [0.717, 1.165) is 42.8 Å². The number of hydrogen-bond acceptors (Lipinski definition) is 2. The fourth-order valence-electron chi connectivity index (χ4n) is 4.21. The van der Waals surface area contributed by atoms with Gasteiger partial charge in [0.05, 0.1) is 20.2 Å². The number of nitrogens with zero attached hydrogens (tertiary/aromatic N) is 1. The molecule has 0 atom stereocenters. The van der Waals surface area contributed by atoms with Crippen LogP contribution in [0, 0.1) is 0 Å². The van der Waals surface area contributed by atoms with Crippen LogP contribution in [0.5, 0.6) is 5.75 Å². The molecule has 0 aliphatic rings. The van der Waals surface area contributed by atoms with Crippen LogP contribution >= 0.6 is 0 Å². The van der Waals surface area contributed by atoms with Crippen molar-refractivity contribution in [1.82, 2.24) is 9.88 Å². The molecule has 3 aromatic carbocycles. The van der Waals surface area contributed by atoms with Gasteiger partial charge >= 0.3 is 0 Å². The smallest absolute Gasteiger partial charge is 0.267 e. The van der Waals surface area contributed by atoms with E-state index in [1.807, 2.05) is 24.3 Å². The summed E-state index contributed by atoms with van der Waals surface area (Å²) in [6, 6.07) is 29.1. The monoisotopic (exact) mass is 428 g/mol. The SMILES string of the molecule is CNC(=O)c1cc2cc(OC)ccc2n1CC[NH+](Cc1ccccc1)Cc1ccccc1. The van der Waals surface area contributed by atoms with Gasteiger partial charge in [-0.2, -0.15) is 0 Å². The molecule has 5 heteroatoms. The van der Waals surface area contributed by atoms with Crippen molar-refractivity contribution < 1.29 is 14.4 Å². The second kappa shape index (κ2) is 10.2. The van der Waals surface area contributed by atoms with E-state index in [2.05, 4.69) is 70.5 Å². The molecule has 0 unspecified atom stereocenters. The molecular weight excluding hydrogens is 398 g/mol. The average Bonchev–Trinajstić information content (AvgIpc) is 3.21. The third kappa shape index (κ3) is 5.01. The van der Waals surface area contributed by atoms with Gasteiger partial charge < -0.3 is 19.5 Å². The first kappa shape index (κ1) is 21.7. The largest absolute Gasteiger partial charge is 0.497 e. The minimum absolute atomic E-state index is 0.0761. The lowest BCUT2D eigenvalue weighted by Gasteiger charge is -2.21. The molecule has 5 nitrogen and oxygen atoms in total. The first-order valence-corrected chi connectivity index (χ1v) is 11.0. The molecule has 0 aliphatic heterocycles. The van der Waals surface area contributed by atoms with E-state index >= 15 is 0 Å². The maximum absolute atomic E-state index is 12.6. The summed E-state index contributed by atoms with van der Waals surface area (Å²) in [6.45, 7) is 3.49. The Labute approximate surface area is 189 Å². The van der Waals surface area contributed by atoms with Crippen LogP contribution in [0.25, 0.3) is 10.9 Å². The lowest BCUT2D eigenvalue weighted by Crippen LogP contribution is -3.09. The minimum atomic E-state index is -0.0761. The summed E-state index contributed by atoms with van der Waals surface area (Å²) in [7, 11) is 3.33. The van der Waals surface area contributed by atoms with E-state index in [1.165, 1.54) is 16.0 Å². The van der Waals surface area contributed by atoms with Crippen molar-refractivity contribution in [3.8, 4) is 5.75 Å². The van der Waals surface area contributed by atoms with Crippen molar-refractivity contribution in [2.24, 2.45) is 0 Å². The standard InChI is InChI=1S/C27H29N3O2/c1-28-27(31)26-18-23-17-24(32-2)13-14-25(23)30(26)16-15-29(19-21-9-5-3-6-10-21)20-22-11-7-4-8-12-22/h3-14,17-18H,15-16,19-20H2,1-2H3,(H,28,31)/p+1. The molecule has 2 N–H and O–H groups in total. The Morgan fingerprint density at radius 3 is 2.09 bits per heavy atom. The summed E-state index contributed by atoms with van der Waals surface area (Å²) >= 11 is 0. The minimum Gasteiger partial charge on any atom is -0.497 e. The normalized spacial score (nSPS) is 11.1. The predicted molar refractivity (Wildman–Crippen MR) is 128 cm³/mol. The second-order valence-corrected chi connectivity index (χ2v) is 8.01. The van der Waals surface area contributed by atoms with Crippen LogP contribution < -0.4 is 15.0 Å². The lowest BCUT2D eigenvalue weighted by molar-refractivity contribution is -0.928. The topological polar surface area (TPSA) is 47.7 Å². The third-order valence-electron chi connectivity index (χ3n) is 5.85. The Balaban J connectivity index is 1.62. The quantitative estimate of drug-likeness (QED) is 0.430. The number of rotatable bonds is 9. The van der Waals surface area contributed by atoms with Crippen LogP contribution in [0.2, 0.25) is 0 Å². The fourth-order valence-corrected chi connectivity index (χ4v) is 4.21. The van der Waals surface area contributed by atoms with Crippen LogP contribution in [0.15, 0.2) is 84.9 Å². The Bertz CT molecular complexity index is 1130. The van der Waals surface area contributed by atoms with Crippen LogP contribution in [0.1, 0.15) is 21.6 Å². The number of fused-ring (bicyclic) bond motifs is 1. The molecule has 4 aromatic rings. The van der Waals surface area contributed by atoms with Crippen LogP contribution in [0.3, 0.4) is 0 Å². The van der Waals surface area contributed by atoms with Crippen molar-refractivity contribution in [1.29, 1.82) is 0 Å². The maximum Gasteiger partial charge on any atom is 0.267 e. The molecule has 0 saturated carbocycles. The zero-order valence-electron chi connectivity index (χ0n) is 18.7. The van der Waals surface area contributed by atoms with Gasteiger partial charge in [0.15, 0.2) is 0 Å². The number of benzene rings is 3. The Morgan fingerprint density at radius 2 is 1.53 bits per heavy atom. The number of quaternary nitrogens is 1. The van der Waals surface area contributed by atoms with E-state index in [-0.39, 0.29) is 5.91 Å². The summed E-state index contributed by atoms with van der Waals surface area (Å²) in [5, 5.41) is 3.79. The first-order valence-electron chi connectivity index (χ1n) is 11.0. The van der Waals surface area contributed by atoms with Gasteiger partial charge in [-0.3, -0.25) is 4.79 Å². The summed E-state index contributed by atoms with van der Waals surface area (Å²) in [5.74, 6) is 0.714. The predicted octanol–water partition coefficient (Wildman–Crippen LogP) is 3.29. The zero-order chi connectivity index (χ0) is 22.3. The van der Waals surface area contributed by atoms with E-state index < -0.39 is 0 Å². The van der Waals surface area contributed by atoms with Crippen LogP contribution in [0.4, 0.5) is 0 Å². The van der Waals surface area contributed by atoms with Crippen molar-refractivity contribution in [3.05, 3.63) is 102 Å². The molecule has 0 spiro atoms. The molecule has 164 valence electrons. The Hall–Kier alpha value is -3.57. The van der Waals surface area contributed by atoms with Gasteiger partial charge in [-0.25, -0.2) is 0 Å². The van der Waals surface area contributed by atoms with E-state index in [4.69, 9.17) is 4.74 Å². The number of nitrogens with one attached hydrogen (secondary N) is 2. The maximum atomic E-state index is 12.6. The molecule has 1 amide bonds. The number of ether oxygens (including phenoxy) is 1. The van der Waals surface area contributed by atoms with E-state index in [9.17, 15) is 4.79 Å². The van der Waals surface area contributed by atoms with Crippen LogP contribution in [-0.2, 0) is 19.6 Å². The first-order chi connectivity index (χ1) is 15.7. The zero-order valence-corrected chi connectivity index (χ0v) is 18.7. The highest BCUT2D eigenvalue weighted by Crippen LogP contribution is 2.24. The highest BCUT2D eigenvalue weighted by molar-refractivity contribution is 5.98. The Kier molecular flexibility index (Phi) is 6.87. The van der Waals surface area contributed by atoms with E-state index in [0.29, 0.717) is 5.69 Å². The number of aromatic nitrogens is 1. The lowest BCUT2D eigenvalue weighted by atomic mass is 10.1. The molecule has 1 aromatic heterocycles. The molecule has 0 radical (unpaired) electrons. The van der Waals surface area contributed by atoms with Crippen molar-refractivity contribution in [2.45, 2.75) is 19.6 Å². The van der Waals surface area contributed by atoms with Gasteiger partial charge in [0.2, 0.25) is 0 Å². The number of carbonyl (C=O) groups excluding carboxylic acids is 1. The highest BCUT2D eigenvalue weighted by Gasteiger charge is 2.18. The summed E-state index contributed by atoms with van der Waals surface area (Å²) < 4.78 is 7.50. The molecule has 0 saturated heterocycles. The van der Waals surface area contributed by atoms with Crippen molar-refractivity contribution in [3.63, 3.8) is 0 Å². The summed E-state index contributed by atoms with van der Waals surface area (Å²) in [6.07, 6.45) is 0. The van der Waals surface area contributed by atoms with Gasteiger partial charge in [0.1, 0.15) is 24.5 Å². The summed E-state index contributed by atoms with van der Waals surface area (Å²) in [4.78, 5) is 14.1. The van der Waals surface area contributed by atoms with E-state index in [1.54, 1.807) is 14.2 Å². The van der Waals surface area contributed by atoms with Gasteiger partial charge in [0, 0.05) is 29.1 Å². The van der Waals surface area contributed by atoms with Gasteiger partial charge in [-0.15, -0.1) is 0 Å². The molecule has 1 heterocycles. The number of methoxy groups -OCH3 is 1. The number of amides is 1. The summed E-state index contributed by atoms with van der Waals surface area (Å²) in [5.41, 5.74) is 4.34. The fraction of sp³-hybridized carbons (Fsp3) is 0.222. The highest BCUT2D eigenvalue weighted by atomic mass is 16.5. The number of carbonyl (C=O) groups is 1. The number of hydrogen-bond donors (Lipinski definition) is 2. The van der Waals surface area contributed by atoms with Gasteiger partial charge in [-0.1, -0.05) is 60.7 Å². The molecular formula is C27H30N3O2+.